The van der Waals surface area contributed by atoms with Crippen molar-refractivity contribution in [1.82, 2.24) is 9.80 Å². The summed E-state index contributed by atoms with van der Waals surface area (Å²) >= 11 is 0. The minimum absolute atomic E-state index is 0.296. The van der Waals surface area contributed by atoms with Crippen molar-refractivity contribution in [1.29, 1.82) is 0 Å². The van der Waals surface area contributed by atoms with E-state index in [1.165, 1.54) is 9.80 Å². The topological polar surface area (TPSA) is 69.7 Å². The molecule has 1 N–H and O–H groups in total. The van der Waals surface area contributed by atoms with E-state index in [0.717, 1.165) is 6.07 Å². The van der Waals surface area contributed by atoms with Gasteiger partial charge in [0, 0.05) is 26.2 Å². The Bertz CT molecular complexity index is 631. The van der Waals surface area contributed by atoms with Crippen molar-refractivity contribution < 1.29 is 27.6 Å². The number of hydrogen-bond donors (Lipinski definition) is 1. The van der Waals surface area contributed by atoms with Gasteiger partial charge in [0.05, 0.1) is 5.69 Å². The number of rotatable bonds is 4. The Labute approximate surface area is 129 Å². The number of carbonyl (C=O) groups is 3. The standard InChI is InChI=1S/C14H14F3N3O3/c15-9-1-2-10(14(17)13(9)16)18-11(22)7-12(23)20-5-3-19(8-21)4-6-20/h1-2,8H,3-7H2,(H,18,22). The largest absolute Gasteiger partial charge is 0.342 e. The zero-order valence-corrected chi connectivity index (χ0v) is 12.0. The predicted molar refractivity (Wildman–Crippen MR) is 73.8 cm³/mol. The summed E-state index contributed by atoms with van der Waals surface area (Å²) in [5, 5.41) is 2.03. The molecule has 0 unspecified atom stereocenters. The average Bonchev–Trinajstić information content (AvgIpc) is 2.55. The number of carbonyl (C=O) groups excluding carboxylic acids is 3. The second kappa shape index (κ2) is 7.12. The highest BCUT2D eigenvalue weighted by Gasteiger charge is 2.23. The highest BCUT2D eigenvalue weighted by atomic mass is 19.2. The molecule has 9 heteroatoms. The van der Waals surface area contributed by atoms with Gasteiger partial charge in [0.1, 0.15) is 6.42 Å². The van der Waals surface area contributed by atoms with Crippen LogP contribution in [-0.4, -0.2) is 54.2 Å². The first-order chi connectivity index (χ1) is 10.9. The molecule has 1 aromatic carbocycles. The van der Waals surface area contributed by atoms with Gasteiger partial charge < -0.3 is 15.1 Å². The number of anilines is 1. The number of piperazine rings is 1. The van der Waals surface area contributed by atoms with Gasteiger partial charge >= 0.3 is 0 Å². The molecule has 1 aromatic rings. The summed E-state index contributed by atoms with van der Waals surface area (Å²) in [4.78, 5) is 37.1. The van der Waals surface area contributed by atoms with E-state index < -0.39 is 41.4 Å². The molecule has 0 atom stereocenters. The van der Waals surface area contributed by atoms with Gasteiger partial charge in [-0.15, -0.1) is 0 Å². The summed E-state index contributed by atoms with van der Waals surface area (Å²) in [6, 6.07) is 1.55. The van der Waals surface area contributed by atoms with Crippen LogP contribution in [0.5, 0.6) is 0 Å². The normalized spacial score (nSPS) is 14.6. The van der Waals surface area contributed by atoms with Gasteiger partial charge in [-0.2, -0.15) is 0 Å². The van der Waals surface area contributed by atoms with Crippen molar-refractivity contribution in [3.05, 3.63) is 29.6 Å². The minimum atomic E-state index is -1.70. The molecule has 0 spiro atoms. The SMILES string of the molecule is O=CN1CCN(C(=O)CC(=O)Nc2ccc(F)c(F)c2F)CC1. The molecule has 124 valence electrons. The fourth-order valence-electron chi connectivity index (χ4n) is 2.14. The lowest BCUT2D eigenvalue weighted by Crippen LogP contribution is -2.48. The van der Waals surface area contributed by atoms with E-state index in [1.807, 2.05) is 5.32 Å². The number of benzene rings is 1. The van der Waals surface area contributed by atoms with Crippen molar-refractivity contribution in [2.24, 2.45) is 0 Å². The smallest absolute Gasteiger partial charge is 0.233 e. The molecule has 1 saturated heterocycles. The number of hydrogen-bond acceptors (Lipinski definition) is 3. The van der Waals surface area contributed by atoms with E-state index >= 15 is 0 Å². The van der Waals surface area contributed by atoms with Crippen LogP contribution >= 0.6 is 0 Å². The fraction of sp³-hybridized carbons (Fsp3) is 0.357. The van der Waals surface area contributed by atoms with Crippen molar-refractivity contribution in [3.63, 3.8) is 0 Å². The lowest BCUT2D eigenvalue weighted by Gasteiger charge is -2.32. The molecule has 0 bridgehead atoms. The van der Waals surface area contributed by atoms with Gasteiger partial charge in [-0.1, -0.05) is 0 Å². The summed E-state index contributed by atoms with van der Waals surface area (Å²) in [6.45, 7) is 1.33. The van der Waals surface area contributed by atoms with E-state index in [9.17, 15) is 27.6 Å². The Kier molecular flexibility index (Phi) is 5.20. The Morgan fingerprint density at radius 3 is 2.35 bits per heavy atom. The number of amides is 3. The van der Waals surface area contributed by atoms with E-state index in [-0.39, 0.29) is 0 Å². The van der Waals surface area contributed by atoms with Gasteiger partial charge in [0.15, 0.2) is 17.5 Å². The second-order valence-corrected chi connectivity index (χ2v) is 4.97. The van der Waals surface area contributed by atoms with Crippen LogP contribution in [0, 0.1) is 17.5 Å². The number of nitrogens with one attached hydrogen (secondary N) is 1. The Hall–Kier alpha value is -2.58. The molecule has 0 aromatic heterocycles. The van der Waals surface area contributed by atoms with Crippen molar-refractivity contribution in [2.75, 3.05) is 31.5 Å². The molecule has 1 fully saturated rings. The van der Waals surface area contributed by atoms with Crippen molar-refractivity contribution >= 4 is 23.9 Å². The number of nitrogens with zero attached hydrogens (tertiary/aromatic N) is 2. The van der Waals surface area contributed by atoms with Crippen LogP contribution in [0.15, 0.2) is 12.1 Å². The van der Waals surface area contributed by atoms with E-state index in [4.69, 9.17) is 0 Å². The quantitative estimate of drug-likeness (QED) is 0.503. The summed E-state index contributed by atoms with van der Waals surface area (Å²) < 4.78 is 39.3. The maximum absolute atomic E-state index is 13.4. The minimum Gasteiger partial charge on any atom is -0.342 e. The average molecular weight is 329 g/mol. The van der Waals surface area contributed by atoms with Crippen LogP contribution in [0.1, 0.15) is 6.42 Å². The third kappa shape index (κ3) is 3.99. The van der Waals surface area contributed by atoms with Gasteiger partial charge in [-0.25, -0.2) is 13.2 Å². The molecular weight excluding hydrogens is 315 g/mol. The molecule has 6 nitrogen and oxygen atoms in total. The molecule has 0 radical (unpaired) electrons. The first-order valence-electron chi connectivity index (χ1n) is 6.83. The summed E-state index contributed by atoms with van der Waals surface area (Å²) in [7, 11) is 0. The molecule has 0 aliphatic carbocycles. The second-order valence-electron chi connectivity index (χ2n) is 4.97. The molecule has 0 saturated carbocycles. The number of halogens is 3. The lowest BCUT2D eigenvalue weighted by atomic mass is 10.2. The summed E-state index contributed by atoms with van der Waals surface area (Å²) in [6.07, 6.45) is 0.125. The molecule has 23 heavy (non-hydrogen) atoms. The molecule has 1 heterocycles. The Morgan fingerprint density at radius 1 is 1.09 bits per heavy atom. The van der Waals surface area contributed by atoms with Crippen LogP contribution in [0.25, 0.3) is 0 Å². The molecule has 1 aliphatic heterocycles. The van der Waals surface area contributed by atoms with Gasteiger partial charge in [-0.05, 0) is 12.1 Å². The fourth-order valence-corrected chi connectivity index (χ4v) is 2.14. The van der Waals surface area contributed by atoms with Crippen LogP contribution in [0.3, 0.4) is 0 Å². The molecule has 2 rings (SSSR count). The maximum Gasteiger partial charge on any atom is 0.233 e. The highest BCUT2D eigenvalue weighted by molar-refractivity contribution is 6.03. The van der Waals surface area contributed by atoms with Crippen LogP contribution in [0.2, 0.25) is 0 Å². The molecule has 3 amide bonds. The Balaban J connectivity index is 1.91. The van der Waals surface area contributed by atoms with E-state index in [0.29, 0.717) is 38.7 Å². The third-order valence-corrected chi connectivity index (χ3v) is 3.44. The first kappa shape index (κ1) is 16.8. The third-order valence-electron chi connectivity index (χ3n) is 3.44. The monoisotopic (exact) mass is 329 g/mol. The lowest BCUT2D eigenvalue weighted by molar-refractivity contribution is -0.137. The first-order valence-corrected chi connectivity index (χ1v) is 6.83. The van der Waals surface area contributed by atoms with Crippen LogP contribution in [0.4, 0.5) is 18.9 Å². The molecule has 1 aliphatic rings. The van der Waals surface area contributed by atoms with E-state index in [2.05, 4.69) is 0 Å². The summed E-state index contributed by atoms with van der Waals surface area (Å²) in [5.74, 6) is -5.91. The zero-order valence-electron chi connectivity index (χ0n) is 12.0. The van der Waals surface area contributed by atoms with Crippen LogP contribution in [-0.2, 0) is 14.4 Å². The highest BCUT2D eigenvalue weighted by Crippen LogP contribution is 2.19. The Morgan fingerprint density at radius 2 is 1.74 bits per heavy atom. The van der Waals surface area contributed by atoms with Crippen LogP contribution < -0.4 is 5.32 Å². The van der Waals surface area contributed by atoms with Crippen molar-refractivity contribution in [3.8, 4) is 0 Å². The van der Waals surface area contributed by atoms with Crippen molar-refractivity contribution in [2.45, 2.75) is 6.42 Å². The summed E-state index contributed by atoms with van der Waals surface area (Å²) in [5.41, 5.74) is -0.535. The molecular formula is C14H14F3N3O3. The zero-order chi connectivity index (χ0) is 17.0. The van der Waals surface area contributed by atoms with Gasteiger partial charge in [0.25, 0.3) is 0 Å². The van der Waals surface area contributed by atoms with E-state index in [1.54, 1.807) is 0 Å². The maximum atomic E-state index is 13.4. The van der Waals surface area contributed by atoms with Gasteiger partial charge in [-0.3, -0.25) is 14.4 Å². The predicted octanol–water partition coefficient (Wildman–Crippen LogP) is 0.733. The van der Waals surface area contributed by atoms with Gasteiger partial charge in [0.2, 0.25) is 18.2 Å².